The quantitative estimate of drug-likeness (QED) is 0.816. The smallest absolute Gasteiger partial charge is 0.227 e. The Morgan fingerprint density at radius 3 is 2.69 bits per heavy atom. The second-order valence-electron chi connectivity index (χ2n) is 3.58. The second-order valence-corrected chi connectivity index (χ2v) is 4.43. The summed E-state index contributed by atoms with van der Waals surface area (Å²) in [5.74, 6) is -0.462. The number of hydrogen-bond donors (Lipinski definition) is 2. The summed E-state index contributed by atoms with van der Waals surface area (Å²) in [5.41, 5.74) is 0.239. The zero-order valence-corrected chi connectivity index (χ0v) is 10.6. The second kappa shape index (κ2) is 5.41. The van der Waals surface area contributed by atoms with Crippen LogP contribution in [0.1, 0.15) is 20.3 Å². The van der Waals surface area contributed by atoms with Crippen LogP contribution in [0.15, 0.2) is 12.1 Å². The fourth-order valence-electron chi connectivity index (χ4n) is 1.10. The summed E-state index contributed by atoms with van der Waals surface area (Å²) in [5, 5.41) is 12.7. The van der Waals surface area contributed by atoms with Crippen molar-refractivity contribution in [2.45, 2.75) is 20.3 Å². The van der Waals surface area contributed by atoms with E-state index in [1.807, 2.05) is 6.92 Å². The van der Waals surface area contributed by atoms with Crippen molar-refractivity contribution >= 4 is 34.8 Å². The highest BCUT2D eigenvalue weighted by Gasteiger charge is 2.14. The molecule has 1 rings (SSSR count). The van der Waals surface area contributed by atoms with Crippen LogP contribution in [-0.4, -0.2) is 11.0 Å². The molecule has 0 bridgehead atoms. The van der Waals surface area contributed by atoms with E-state index in [0.717, 1.165) is 6.42 Å². The van der Waals surface area contributed by atoms with E-state index in [4.69, 9.17) is 23.2 Å². The van der Waals surface area contributed by atoms with Crippen molar-refractivity contribution in [3.05, 3.63) is 22.2 Å². The largest absolute Gasteiger partial charge is 0.504 e. The number of nitrogens with one attached hydrogen (secondary N) is 1. The molecule has 0 heterocycles. The van der Waals surface area contributed by atoms with Crippen LogP contribution in [0.2, 0.25) is 10.0 Å². The lowest BCUT2D eigenvalue weighted by atomic mass is 10.1. The molecule has 0 aliphatic heterocycles. The number of carbonyl (C=O) groups excluding carboxylic acids is 1. The summed E-state index contributed by atoms with van der Waals surface area (Å²) in [6, 6.07) is 2.88. The molecule has 0 radical (unpaired) electrons. The Balaban J connectivity index is 2.93. The first kappa shape index (κ1) is 13.1. The first-order chi connectivity index (χ1) is 7.45. The van der Waals surface area contributed by atoms with Gasteiger partial charge in [0.2, 0.25) is 5.91 Å². The van der Waals surface area contributed by atoms with Crippen molar-refractivity contribution in [3.8, 4) is 5.75 Å². The molecule has 3 nitrogen and oxygen atoms in total. The van der Waals surface area contributed by atoms with E-state index in [9.17, 15) is 9.90 Å². The molecule has 0 saturated heterocycles. The van der Waals surface area contributed by atoms with Crippen LogP contribution in [0.3, 0.4) is 0 Å². The van der Waals surface area contributed by atoms with Gasteiger partial charge in [-0.2, -0.15) is 0 Å². The average Bonchev–Trinajstić information content (AvgIpc) is 2.23. The maximum absolute atomic E-state index is 11.6. The van der Waals surface area contributed by atoms with E-state index >= 15 is 0 Å². The summed E-state index contributed by atoms with van der Waals surface area (Å²) < 4.78 is 0. The number of phenolic OH excluding ortho intramolecular Hbond substituents is 1. The first-order valence-electron chi connectivity index (χ1n) is 4.94. The number of rotatable bonds is 3. The van der Waals surface area contributed by atoms with Crippen molar-refractivity contribution in [3.63, 3.8) is 0 Å². The van der Waals surface area contributed by atoms with Gasteiger partial charge >= 0.3 is 0 Å². The molecule has 0 aliphatic rings. The summed E-state index contributed by atoms with van der Waals surface area (Å²) in [4.78, 5) is 11.6. The van der Waals surface area contributed by atoms with Crippen LogP contribution in [0, 0.1) is 5.92 Å². The zero-order chi connectivity index (χ0) is 12.3. The number of benzene rings is 1. The molecule has 1 unspecified atom stereocenters. The number of carbonyl (C=O) groups is 1. The standard InChI is InChI=1S/C11H13Cl2NO2/c1-3-6(2)11(16)14-9-5-7(12)4-8(13)10(9)15/h4-6,15H,3H2,1-2H3,(H,14,16). The van der Waals surface area contributed by atoms with Gasteiger partial charge in [0, 0.05) is 10.9 Å². The minimum absolute atomic E-state index is 0.118. The van der Waals surface area contributed by atoms with Crippen LogP contribution in [0.5, 0.6) is 5.75 Å². The first-order valence-corrected chi connectivity index (χ1v) is 5.70. The molecule has 1 aromatic rings. The van der Waals surface area contributed by atoms with Gasteiger partial charge in [-0.25, -0.2) is 0 Å². The molecular weight excluding hydrogens is 249 g/mol. The summed E-state index contributed by atoms with van der Waals surface area (Å²) >= 11 is 11.5. The Bertz CT molecular complexity index is 407. The van der Waals surface area contributed by atoms with E-state index < -0.39 is 0 Å². The fraction of sp³-hybridized carbons (Fsp3) is 0.364. The fourth-order valence-corrected chi connectivity index (χ4v) is 1.60. The predicted molar refractivity (Wildman–Crippen MR) is 66.2 cm³/mol. The Hall–Kier alpha value is -0.930. The molecule has 1 atom stereocenters. The molecule has 88 valence electrons. The van der Waals surface area contributed by atoms with Gasteiger partial charge in [0.05, 0.1) is 10.7 Å². The third-order valence-electron chi connectivity index (χ3n) is 2.35. The summed E-state index contributed by atoms with van der Waals surface area (Å²) in [6.07, 6.45) is 0.723. The van der Waals surface area contributed by atoms with Gasteiger partial charge in [0.15, 0.2) is 5.75 Å². The Morgan fingerprint density at radius 1 is 1.50 bits per heavy atom. The van der Waals surface area contributed by atoms with Gasteiger partial charge in [-0.05, 0) is 18.6 Å². The minimum Gasteiger partial charge on any atom is -0.504 e. The number of halogens is 2. The summed E-state index contributed by atoms with van der Waals surface area (Å²) in [7, 11) is 0. The van der Waals surface area contributed by atoms with Crippen LogP contribution < -0.4 is 5.32 Å². The van der Waals surface area contributed by atoms with Gasteiger partial charge in [-0.3, -0.25) is 4.79 Å². The molecular formula is C11H13Cl2NO2. The average molecular weight is 262 g/mol. The normalized spacial score (nSPS) is 12.2. The van der Waals surface area contributed by atoms with E-state index in [1.165, 1.54) is 12.1 Å². The topological polar surface area (TPSA) is 49.3 Å². The number of anilines is 1. The van der Waals surface area contributed by atoms with E-state index in [2.05, 4.69) is 5.32 Å². The SMILES string of the molecule is CCC(C)C(=O)Nc1cc(Cl)cc(Cl)c1O. The Labute approximate surface area is 104 Å². The highest BCUT2D eigenvalue weighted by Crippen LogP contribution is 2.35. The Morgan fingerprint density at radius 2 is 2.12 bits per heavy atom. The van der Waals surface area contributed by atoms with Crippen LogP contribution >= 0.6 is 23.2 Å². The van der Waals surface area contributed by atoms with Crippen molar-refractivity contribution in [2.75, 3.05) is 5.32 Å². The third kappa shape index (κ3) is 3.03. The highest BCUT2D eigenvalue weighted by molar-refractivity contribution is 6.36. The number of phenols is 1. The van der Waals surface area contributed by atoms with Crippen LogP contribution in [-0.2, 0) is 4.79 Å². The van der Waals surface area contributed by atoms with Gasteiger partial charge in [-0.1, -0.05) is 37.0 Å². The molecule has 0 aromatic heterocycles. The monoisotopic (exact) mass is 261 g/mol. The predicted octanol–water partition coefficient (Wildman–Crippen LogP) is 3.68. The van der Waals surface area contributed by atoms with Crippen molar-refractivity contribution in [2.24, 2.45) is 5.92 Å². The molecule has 5 heteroatoms. The van der Waals surface area contributed by atoms with Gasteiger partial charge in [-0.15, -0.1) is 0 Å². The zero-order valence-electron chi connectivity index (χ0n) is 9.05. The lowest BCUT2D eigenvalue weighted by Gasteiger charge is -2.12. The van der Waals surface area contributed by atoms with Crippen molar-refractivity contribution in [1.29, 1.82) is 0 Å². The van der Waals surface area contributed by atoms with E-state index in [-0.39, 0.29) is 28.3 Å². The van der Waals surface area contributed by atoms with Gasteiger partial charge in [0.1, 0.15) is 0 Å². The lowest BCUT2D eigenvalue weighted by molar-refractivity contribution is -0.119. The number of hydrogen-bond acceptors (Lipinski definition) is 2. The van der Waals surface area contributed by atoms with Gasteiger partial charge < -0.3 is 10.4 Å². The summed E-state index contributed by atoms with van der Waals surface area (Å²) in [6.45, 7) is 3.72. The van der Waals surface area contributed by atoms with Crippen molar-refractivity contribution < 1.29 is 9.90 Å². The lowest BCUT2D eigenvalue weighted by Crippen LogP contribution is -2.19. The molecule has 2 N–H and O–H groups in total. The highest BCUT2D eigenvalue weighted by atomic mass is 35.5. The van der Waals surface area contributed by atoms with Crippen molar-refractivity contribution in [1.82, 2.24) is 0 Å². The van der Waals surface area contributed by atoms with Gasteiger partial charge in [0.25, 0.3) is 0 Å². The molecule has 0 saturated carbocycles. The molecule has 16 heavy (non-hydrogen) atoms. The van der Waals surface area contributed by atoms with Crippen LogP contribution in [0.25, 0.3) is 0 Å². The maximum Gasteiger partial charge on any atom is 0.227 e. The van der Waals surface area contributed by atoms with Crippen LogP contribution in [0.4, 0.5) is 5.69 Å². The van der Waals surface area contributed by atoms with E-state index in [0.29, 0.717) is 5.02 Å². The molecule has 1 amide bonds. The number of amides is 1. The molecule has 0 fully saturated rings. The maximum atomic E-state index is 11.6. The molecule has 1 aromatic carbocycles. The molecule has 0 aliphatic carbocycles. The Kier molecular flexibility index (Phi) is 4.44. The number of aromatic hydroxyl groups is 1. The third-order valence-corrected chi connectivity index (χ3v) is 2.85. The van der Waals surface area contributed by atoms with E-state index in [1.54, 1.807) is 6.92 Å². The minimum atomic E-state index is -0.170. The molecule has 0 spiro atoms.